The molecule has 1 aliphatic rings. The Bertz CT molecular complexity index is 1110. The van der Waals surface area contributed by atoms with Crippen molar-refractivity contribution in [1.82, 2.24) is 4.98 Å². The number of aryl methyl sites for hydroxylation is 3. The number of fused-ring (bicyclic) bond motifs is 2. The number of carbonyl (C=O) groups is 1. The van der Waals surface area contributed by atoms with E-state index in [2.05, 4.69) is 16.1 Å². The SMILES string of the molecule is CCCc1c(C(=O)Nc2ccccc2OC(F)(F)F)sc2nc3c(cc12)CCCCC3. The summed E-state index contributed by atoms with van der Waals surface area (Å²) in [5, 5.41) is 3.59. The minimum Gasteiger partial charge on any atom is -0.404 e. The third kappa shape index (κ3) is 4.84. The minimum absolute atomic E-state index is 0.0199. The summed E-state index contributed by atoms with van der Waals surface area (Å²) in [4.78, 5) is 19.3. The number of aromatic nitrogens is 1. The van der Waals surface area contributed by atoms with E-state index >= 15 is 0 Å². The number of para-hydroxylation sites is 2. The third-order valence-corrected chi connectivity index (χ3v) is 6.52. The summed E-state index contributed by atoms with van der Waals surface area (Å²) in [6.45, 7) is 2.04. The number of thiophene rings is 1. The van der Waals surface area contributed by atoms with Gasteiger partial charge in [0, 0.05) is 11.1 Å². The Morgan fingerprint density at radius 1 is 1.19 bits per heavy atom. The van der Waals surface area contributed by atoms with E-state index in [4.69, 9.17) is 4.98 Å². The number of pyridine rings is 1. The monoisotopic (exact) mass is 448 g/mol. The molecule has 4 nitrogen and oxygen atoms in total. The number of anilines is 1. The quantitative estimate of drug-likeness (QED) is 0.444. The molecule has 164 valence electrons. The van der Waals surface area contributed by atoms with E-state index < -0.39 is 18.0 Å². The molecule has 0 saturated heterocycles. The molecular formula is C23H23F3N2O2S. The Kier molecular flexibility index (Phi) is 6.18. The average Bonchev–Trinajstić information content (AvgIpc) is 2.89. The van der Waals surface area contributed by atoms with Crippen LogP contribution >= 0.6 is 11.3 Å². The second kappa shape index (κ2) is 8.86. The van der Waals surface area contributed by atoms with Crippen LogP contribution < -0.4 is 10.1 Å². The fourth-order valence-corrected chi connectivity index (χ4v) is 5.13. The molecule has 1 amide bonds. The highest BCUT2D eigenvalue weighted by Gasteiger charge is 2.32. The Morgan fingerprint density at radius 2 is 1.97 bits per heavy atom. The number of rotatable bonds is 5. The van der Waals surface area contributed by atoms with Crippen LogP contribution in [0.1, 0.15) is 59.1 Å². The van der Waals surface area contributed by atoms with E-state index in [-0.39, 0.29) is 5.69 Å². The maximum atomic E-state index is 13.1. The van der Waals surface area contributed by atoms with E-state index in [1.54, 1.807) is 6.07 Å². The van der Waals surface area contributed by atoms with Crippen LogP contribution in [-0.4, -0.2) is 17.3 Å². The number of benzene rings is 1. The number of alkyl halides is 3. The van der Waals surface area contributed by atoms with Gasteiger partial charge in [-0.25, -0.2) is 4.98 Å². The van der Waals surface area contributed by atoms with Crippen LogP contribution in [-0.2, 0) is 19.3 Å². The molecule has 31 heavy (non-hydrogen) atoms. The van der Waals surface area contributed by atoms with Gasteiger partial charge in [-0.1, -0.05) is 31.9 Å². The summed E-state index contributed by atoms with van der Waals surface area (Å²) >= 11 is 1.30. The average molecular weight is 449 g/mol. The molecule has 0 unspecified atom stereocenters. The highest BCUT2D eigenvalue weighted by atomic mass is 32.1. The molecule has 0 aliphatic heterocycles. The molecule has 0 spiro atoms. The standard InChI is InChI=1S/C23H23F3N2O2S/c1-2-8-15-16-13-14-9-4-3-5-10-17(14)28-22(16)31-20(15)21(29)27-18-11-6-7-12-19(18)30-23(24,25)26/h6-7,11-13H,2-5,8-10H2,1H3,(H,27,29). The minimum atomic E-state index is -4.84. The van der Waals surface area contributed by atoms with Crippen molar-refractivity contribution < 1.29 is 22.7 Å². The lowest BCUT2D eigenvalue weighted by Crippen LogP contribution is -2.19. The fourth-order valence-electron chi connectivity index (χ4n) is 4.01. The second-order valence-corrected chi connectivity index (χ2v) is 8.66. The molecule has 0 bridgehead atoms. The Balaban J connectivity index is 1.71. The smallest absolute Gasteiger partial charge is 0.404 e. The van der Waals surface area contributed by atoms with Gasteiger partial charge in [0.05, 0.1) is 10.6 Å². The number of amides is 1. The molecule has 2 heterocycles. The van der Waals surface area contributed by atoms with E-state index in [1.165, 1.54) is 41.5 Å². The molecule has 2 aromatic heterocycles. The van der Waals surface area contributed by atoms with Gasteiger partial charge in [0.15, 0.2) is 5.75 Å². The molecule has 0 saturated carbocycles. The summed E-state index contributed by atoms with van der Waals surface area (Å²) < 4.78 is 42.2. The number of hydrogen-bond donors (Lipinski definition) is 1. The van der Waals surface area contributed by atoms with Crippen molar-refractivity contribution in [2.75, 3.05) is 5.32 Å². The number of nitrogens with one attached hydrogen (secondary N) is 1. The van der Waals surface area contributed by atoms with E-state index in [0.29, 0.717) is 11.3 Å². The van der Waals surface area contributed by atoms with Crippen molar-refractivity contribution in [2.45, 2.75) is 58.2 Å². The number of carbonyl (C=O) groups excluding carboxylic acids is 1. The Labute approximate surface area is 182 Å². The molecule has 1 N–H and O–H groups in total. The van der Waals surface area contributed by atoms with Crippen molar-refractivity contribution in [1.29, 1.82) is 0 Å². The first-order valence-electron chi connectivity index (χ1n) is 10.5. The summed E-state index contributed by atoms with van der Waals surface area (Å²) in [5.41, 5.74) is 3.24. The molecule has 0 radical (unpaired) electrons. The molecule has 4 rings (SSSR count). The zero-order chi connectivity index (χ0) is 22.0. The molecule has 1 aromatic carbocycles. The summed E-state index contributed by atoms with van der Waals surface area (Å²) in [5.74, 6) is -0.883. The Hall–Kier alpha value is -2.61. The molecule has 1 aliphatic carbocycles. The molecule has 3 aromatic rings. The first kappa shape index (κ1) is 21.6. The van der Waals surface area contributed by atoms with Crippen molar-refractivity contribution in [3.8, 4) is 5.75 Å². The van der Waals surface area contributed by atoms with E-state index in [9.17, 15) is 18.0 Å². The molecule has 0 fully saturated rings. The van der Waals surface area contributed by atoms with Gasteiger partial charge in [0.25, 0.3) is 5.91 Å². The first-order chi connectivity index (χ1) is 14.9. The van der Waals surface area contributed by atoms with Crippen LogP contribution in [0.4, 0.5) is 18.9 Å². The predicted molar refractivity (Wildman–Crippen MR) is 116 cm³/mol. The van der Waals surface area contributed by atoms with E-state index in [0.717, 1.165) is 53.6 Å². The van der Waals surface area contributed by atoms with Crippen molar-refractivity contribution in [2.24, 2.45) is 0 Å². The number of hydrogen-bond acceptors (Lipinski definition) is 4. The van der Waals surface area contributed by atoms with Crippen LogP contribution in [0.2, 0.25) is 0 Å². The number of ether oxygens (including phenoxy) is 1. The molecule has 0 atom stereocenters. The highest BCUT2D eigenvalue weighted by molar-refractivity contribution is 7.20. The van der Waals surface area contributed by atoms with Gasteiger partial charge in [-0.3, -0.25) is 4.79 Å². The van der Waals surface area contributed by atoms with Crippen molar-refractivity contribution in [3.05, 3.63) is 52.0 Å². The first-order valence-corrected chi connectivity index (χ1v) is 11.3. The van der Waals surface area contributed by atoms with E-state index in [1.807, 2.05) is 6.92 Å². The van der Waals surface area contributed by atoms with Crippen LogP contribution in [0.25, 0.3) is 10.2 Å². The normalized spacial score (nSPS) is 14.2. The highest BCUT2D eigenvalue weighted by Crippen LogP contribution is 2.36. The van der Waals surface area contributed by atoms with Gasteiger partial charge in [0.1, 0.15) is 4.83 Å². The Morgan fingerprint density at radius 3 is 2.74 bits per heavy atom. The molecule has 8 heteroatoms. The van der Waals surface area contributed by atoms with Crippen LogP contribution in [0.3, 0.4) is 0 Å². The van der Waals surface area contributed by atoms with Crippen LogP contribution in [0.15, 0.2) is 30.3 Å². The molecular weight excluding hydrogens is 425 g/mol. The van der Waals surface area contributed by atoms with Crippen LogP contribution in [0, 0.1) is 0 Å². The number of nitrogens with zero attached hydrogens (tertiary/aromatic N) is 1. The van der Waals surface area contributed by atoms with Gasteiger partial charge in [-0.2, -0.15) is 0 Å². The van der Waals surface area contributed by atoms with Gasteiger partial charge < -0.3 is 10.1 Å². The fraction of sp³-hybridized carbons (Fsp3) is 0.391. The topological polar surface area (TPSA) is 51.2 Å². The van der Waals surface area contributed by atoms with Crippen molar-refractivity contribution in [3.63, 3.8) is 0 Å². The lowest BCUT2D eigenvalue weighted by molar-refractivity contribution is -0.274. The summed E-state index contributed by atoms with van der Waals surface area (Å²) in [7, 11) is 0. The van der Waals surface area contributed by atoms with Gasteiger partial charge in [0.2, 0.25) is 0 Å². The maximum Gasteiger partial charge on any atom is 0.573 e. The number of halogens is 3. The van der Waals surface area contributed by atoms with Gasteiger partial charge >= 0.3 is 6.36 Å². The largest absolute Gasteiger partial charge is 0.573 e. The summed E-state index contributed by atoms with van der Waals surface area (Å²) in [6.07, 6.45) is 2.07. The second-order valence-electron chi connectivity index (χ2n) is 7.67. The zero-order valence-corrected chi connectivity index (χ0v) is 18.0. The van der Waals surface area contributed by atoms with Crippen LogP contribution in [0.5, 0.6) is 5.75 Å². The lowest BCUT2D eigenvalue weighted by Gasteiger charge is -2.14. The summed E-state index contributed by atoms with van der Waals surface area (Å²) in [6, 6.07) is 7.72. The van der Waals surface area contributed by atoms with Gasteiger partial charge in [-0.05, 0) is 61.4 Å². The predicted octanol–water partition coefficient (Wildman–Crippen LogP) is 6.67. The van der Waals surface area contributed by atoms with Gasteiger partial charge in [-0.15, -0.1) is 24.5 Å². The lowest BCUT2D eigenvalue weighted by atomic mass is 10.0. The van der Waals surface area contributed by atoms with Crippen molar-refractivity contribution >= 4 is 33.1 Å². The third-order valence-electron chi connectivity index (χ3n) is 5.38. The maximum absolute atomic E-state index is 13.1. The zero-order valence-electron chi connectivity index (χ0n) is 17.1.